The van der Waals surface area contributed by atoms with E-state index in [1.165, 1.54) is 12.3 Å². The Labute approximate surface area is 252 Å². The molecule has 6 rings (SSSR count). The van der Waals surface area contributed by atoms with Crippen molar-refractivity contribution in [2.24, 2.45) is 5.92 Å². The number of sulfone groups is 1. The van der Waals surface area contributed by atoms with Crippen LogP contribution < -0.4 is 15.1 Å². The van der Waals surface area contributed by atoms with Gasteiger partial charge in [0.15, 0.2) is 0 Å². The number of nitrogens with one attached hydrogen (secondary N) is 1. The molecule has 0 spiro atoms. The van der Waals surface area contributed by atoms with Gasteiger partial charge in [0.05, 0.1) is 11.9 Å². The smallest absolute Gasteiger partial charge is 0.245 e. The molecule has 1 amide bonds. The molecule has 0 unspecified atom stereocenters. The summed E-state index contributed by atoms with van der Waals surface area (Å²) in [5.41, 5.74) is 2.19. The zero-order valence-electron chi connectivity index (χ0n) is 24.9. The molecule has 2 aromatic heterocycles. The van der Waals surface area contributed by atoms with Crippen LogP contribution >= 0.6 is 0 Å². The summed E-state index contributed by atoms with van der Waals surface area (Å²) < 4.78 is 29.4. The number of aromatic nitrogens is 3. The first-order valence-corrected chi connectivity index (χ1v) is 16.9. The van der Waals surface area contributed by atoms with Crippen LogP contribution in [0.25, 0.3) is 10.8 Å². The SMILES string of the molecule is C=CC(=O)N1CC(c2ccc(N3C[C@H](CS(C)(=O)=O)[C@H]3C)c3cnc(Nc4ccnc(N5CCC(OC)CC5)n4)cc23)C1. The predicted octanol–water partition coefficient (Wildman–Crippen LogP) is 3.36. The van der Waals surface area contributed by atoms with Gasteiger partial charge in [0, 0.05) is 87.4 Å². The maximum absolute atomic E-state index is 12.1. The van der Waals surface area contributed by atoms with E-state index in [-0.39, 0.29) is 35.6 Å². The number of fused-ring (bicyclic) bond motifs is 1. The Bertz CT molecular complexity index is 1630. The number of likely N-dealkylation sites (tertiary alicyclic amines) is 1. The lowest BCUT2D eigenvalue weighted by Crippen LogP contribution is -2.57. The normalized spacial score (nSPS) is 21.4. The van der Waals surface area contributed by atoms with Crippen molar-refractivity contribution in [2.45, 2.75) is 37.8 Å². The van der Waals surface area contributed by atoms with Crippen LogP contribution in [0.4, 0.5) is 23.3 Å². The number of methoxy groups -OCH3 is 1. The molecule has 1 N–H and O–H groups in total. The summed E-state index contributed by atoms with van der Waals surface area (Å²) in [6, 6.07) is 8.24. The van der Waals surface area contributed by atoms with E-state index in [0.29, 0.717) is 37.2 Å². The van der Waals surface area contributed by atoms with Gasteiger partial charge in [-0.15, -0.1) is 0 Å². The number of carbonyl (C=O) groups is 1. The van der Waals surface area contributed by atoms with Crippen LogP contribution in [0.1, 0.15) is 31.2 Å². The van der Waals surface area contributed by atoms with Crippen LogP contribution in [0.15, 0.2) is 49.3 Å². The second-order valence-electron chi connectivity index (χ2n) is 12.0. The molecule has 12 heteroatoms. The fraction of sp³-hybridized carbons (Fsp3) is 0.484. The van der Waals surface area contributed by atoms with Crippen molar-refractivity contribution in [1.82, 2.24) is 19.9 Å². The number of benzene rings is 1. The Hall–Kier alpha value is -3.77. The minimum Gasteiger partial charge on any atom is -0.381 e. The molecule has 5 heterocycles. The average Bonchev–Trinajstić information content (AvgIpc) is 2.98. The van der Waals surface area contributed by atoms with Crippen molar-refractivity contribution < 1.29 is 17.9 Å². The number of carbonyl (C=O) groups excluding carboxylic acids is 1. The summed E-state index contributed by atoms with van der Waals surface area (Å²) in [5, 5.41) is 5.44. The van der Waals surface area contributed by atoms with Crippen LogP contribution in [0.3, 0.4) is 0 Å². The van der Waals surface area contributed by atoms with Gasteiger partial charge in [-0.25, -0.2) is 18.4 Å². The molecule has 3 saturated heterocycles. The molecule has 43 heavy (non-hydrogen) atoms. The second kappa shape index (κ2) is 11.7. The Balaban J connectivity index is 1.28. The van der Waals surface area contributed by atoms with E-state index in [9.17, 15) is 13.2 Å². The number of hydrogen-bond acceptors (Lipinski definition) is 10. The Morgan fingerprint density at radius 2 is 1.88 bits per heavy atom. The first-order valence-electron chi connectivity index (χ1n) is 14.8. The molecular formula is C31H39N7O4S. The van der Waals surface area contributed by atoms with Crippen LogP contribution in [-0.2, 0) is 19.4 Å². The fourth-order valence-corrected chi connectivity index (χ4v) is 7.65. The highest BCUT2D eigenvalue weighted by molar-refractivity contribution is 7.90. The highest BCUT2D eigenvalue weighted by Crippen LogP contribution is 2.41. The van der Waals surface area contributed by atoms with Gasteiger partial charge in [0.25, 0.3) is 0 Å². The lowest BCUT2D eigenvalue weighted by Gasteiger charge is -2.48. The van der Waals surface area contributed by atoms with Gasteiger partial charge in [0.1, 0.15) is 21.5 Å². The molecule has 3 fully saturated rings. The van der Waals surface area contributed by atoms with Crippen molar-refractivity contribution in [3.8, 4) is 0 Å². The van der Waals surface area contributed by atoms with Gasteiger partial charge >= 0.3 is 0 Å². The van der Waals surface area contributed by atoms with Crippen LogP contribution in [0.5, 0.6) is 0 Å². The van der Waals surface area contributed by atoms with Crippen molar-refractivity contribution in [3.63, 3.8) is 0 Å². The number of ether oxygens (including phenoxy) is 1. The minimum atomic E-state index is -3.05. The second-order valence-corrected chi connectivity index (χ2v) is 14.2. The molecule has 3 aliphatic heterocycles. The first-order chi connectivity index (χ1) is 20.6. The van der Waals surface area contributed by atoms with E-state index in [1.54, 1.807) is 18.2 Å². The minimum absolute atomic E-state index is 0.0569. The average molecular weight is 606 g/mol. The maximum atomic E-state index is 12.1. The van der Waals surface area contributed by atoms with E-state index in [4.69, 9.17) is 14.7 Å². The topological polar surface area (TPSA) is 121 Å². The zero-order valence-corrected chi connectivity index (χ0v) is 25.8. The maximum Gasteiger partial charge on any atom is 0.245 e. The summed E-state index contributed by atoms with van der Waals surface area (Å²) in [6.07, 6.45) is 8.46. The van der Waals surface area contributed by atoms with Crippen LogP contribution in [0, 0.1) is 5.92 Å². The van der Waals surface area contributed by atoms with E-state index in [2.05, 4.69) is 51.8 Å². The third-order valence-corrected chi connectivity index (χ3v) is 10.1. The molecule has 228 valence electrons. The number of amides is 1. The van der Waals surface area contributed by atoms with Crippen molar-refractivity contribution in [2.75, 3.05) is 67.0 Å². The van der Waals surface area contributed by atoms with Crippen molar-refractivity contribution in [3.05, 3.63) is 54.9 Å². The summed E-state index contributed by atoms with van der Waals surface area (Å²) in [6.45, 7) is 9.33. The van der Waals surface area contributed by atoms with E-state index in [1.807, 2.05) is 12.3 Å². The Morgan fingerprint density at radius 3 is 2.56 bits per heavy atom. The number of nitrogens with zero attached hydrogens (tertiary/aromatic N) is 6. The number of piperidine rings is 1. The summed E-state index contributed by atoms with van der Waals surface area (Å²) in [5.74, 6) is 2.43. The molecule has 0 aliphatic carbocycles. The number of pyridine rings is 1. The highest BCUT2D eigenvalue weighted by atomic mass is 32.2. The van der Waals surface area contributed by atoms with Gasteiger partial charge in [0.2, 0.25) is 11.9 Å². The molecule has 11 nitrogen and oxygen atoms in total. The van der Waals surface area contributed by atoms with Crippen LogP contribution in [-0.4, -0.2) is 98.2 Å². The Kier molecular flexibility index (Phi) is 7.99. The van der Waals surface area contributed by atoms with Gasteiger partial charge < -0.3 is 24.8 Å². The van der Waals surface area contributed by atoms with Gasteiger partial charge in [-0.05, 0) is 55.0 Å². The molecule has 3 aromatic rings. The standard InChI is InChI=1S/C31H39N7O4S/c1-5-30(39)37-16-21(17-37)24-6-7-27(38-18-22(20(38)2)19-43(4,40)41)26-15-33-29(14-25(24)26)34-28-8-11-32-31(35-28)36-12-9-23(42-3)10-13-36/h5-8,11,14-15,20-23H,1,9-10,12-13,16-19H2,2-4H3,(H,32,33,34,35)/t20-,22-/m1/s1. The third kappa shape index (κ3) is 6.03. The van der Waals surface area contributed by atoms with E-state index >= 15 is 0 Å². The van der Waals surface area contributed by atoms with Gasteiger partial charge in [-0.3, -0.25) is 4.79 Å². The monoisotopic (exact) mass is 605 g/mol. The predicted molar refractivity (Wildman–Crippen MR) is 169 cm³/mol. The number of rotatable bonds is 9. The van der Waals surface area contributed by atoms with Gasteiger partial charge in [-0.2, -0.15) is 4.98 Å². The van der Waals surface area contributed by atoms with E-state index in [0.717, 1.165) is 48.0 Å². The molecule has 0 radical (unpaired) electrons. The molecule has 0 saturated carbocycles. The van der Waals surface area contributed by atoms with E-state index < -0.39 is 9.84 Å². The summed E-state index contributed by atoms with van der Waals surface area (Å²) >= 11 is 0. The molecule has 2 atom stereocenters. The quantitative estimate of drug-likeness (QED) is 0.364. The largest absolute Gasteiger partial charge is 0.381 e. The van der Waals surface area contributed by atoms with Crippen molar-refractivity contribution in [1.29, 1.82) is 0 Å². The number of hydrogen-bond donors (Lipinski definition) is 1. The molecule has 1 aromatic carbocycles. The highest BCUT2D eigenvalue weighted by Gasteiger charge is 2.39. The van der Waals surface area contributed by atoms with Gasteiger partial charge in [-0.1, -0.05) is 12.6 Å². The molecule has 0 bridgehead atoms. The lowest BCUT2D eigenvalue weighted by molar-refractivity contribution is -0.130. The lowest BCUT2D eigenvalue weighted by atomic mass is 9.85. The third-order valence-electron chi connectivity index (χ3n) is 9.11. The first kappa shape index (κ1) is 29.3. The van der Waals surface area contributed by atoms with Crippen molar-refractivity contribution >= 4 is 49.8 Å². The Morgan fingerprint density at radius 1 is 1.12 bits per heavy atom. The summed E-state index contributed by atoms with van der Waals surface area (Å²) in [7, 11) is -1.29. The molecular weight excluding hydrogens is 566 g/mol. The molecule has 3 aliphatic rings. The van der Waals surface area contributed by atoms with Crippen LogP contribution in [0.2, 0.25) is 0 Å². The number of anilines is 4. The summed E-state index contributed by atoms with van der Waals surface area (Å²) in [4.78, 5) is 32.4. The fourth-order valence-electron chi connectivity index (χ4n) is 6.49. The zero-order chi connectivity index (χ0) is 30.3.